The van der Waals surface area contributed by atoms with Gasteiger partial charge in [-0.3, -0.25) is 14.6 Å². The first-order chi connectivity index (χ1) is 14.4. The monoisotopic (exact) mass is 405 g/mol. The number of carbonyl (C=O) groups excluding carboxylic acids is 2. The number of nitrogens with zero attached hydrogens (tertiary/aromatic N) is 1. The van der Waals surface area contributed by atoms with Crippen LogP contribution in [0.1, 0.15) is 55.8 Å². The first-order valence-corrected chi connectivity index (χ1v) is 9.61. The lowest BCUT2D eigenvalue weighted by Gasteiger charge is -2.23. The highest BCUT2D eigenvalue weighted by atomic mass is 19.1. The maximum atomic E-state index is 14.8. The normalized spacial score (nSPS) is 13.9. The van der Waals surface area contributed by atoms with Crippen molar-refractivity contribution in [2.45, 2.75) is 26.4 Å². The molecule has 0 aliphatic carbocycles. The van der Waals surface area contributed by atoms with E-state index < -0.39 is 11.9 Å². The number of pyridine rings is 1. The molecule has 4 rings (SSSR count). The van der Waals surface area contributed by atoms with Crippen molar-refractivity contribution in [3.05, 3.63) is 88.0 Å². The molecule has 152 valence electrons. The molecule has 0 spiro atoms. The van der Waals surface area contributed by atoms with E-state index in [1.54, 1.807) is 24.3 Å². The van der Waals surface area contributed by atoms with Gasteiger partial charge in [0.2, 0.25) is 0 Å². The number of hydrogen-bond acceptors (Lipinski definition) is 5. The summed E-state index contributed by atoms with van der Waals surface area (Å²) in [6.45, 7) is 4.01. The fraction of sp³-hybridized carbons (Fsp3) is 0.208. The quantitative estimate of drug-likeness (QED) is 0.572. The van der Waals surface area contributed by atoms with Gasteiger partial charge in [-0.05, 0) is 37.6 Å². The zero-order valence-corrected chi connectivity index (χ0v) is 16.6. The van der Waals surface area contributed by atoms with Crippen LogP contribution in [0.15, 0.2) is 48.5 Å². The first-order valence-electron chi connectivity index (χ1n) is 9.61. The molecule has 0 fully saturated rings. The van der Waals surface area contributed by atoms with Crippen molar-refractivity contribution in [2.24, 2.45) is 0 Å². The maximum absolute atomic E-state index is 14.8. The number of rotatable bonds is 5. The summed E-state index contributed by atoms with van der Waals surface area (Å²) in [5.41, 5.74) is 3.93. The lowest BCUT2D eigenvalue weighted by Crippen LogP contribution is -2.17. The largest absolute Gasteiger partial charge is 0.492 e. The number of fused-ring (bicyclic) bond motifs is 1. The van der Waals surface area contributed by atoms with E-state index in [4.69, 9.17) is 9.47 Å². The van der Waals surface area contributed by atoms with Crippen LogP contribution in [0.3, 0.4) is 0 Å². The lowest BCUT2D eigenvalue weighted by molar-refractivity contribution is 0.0931. The molecule has 0 saturated carbocycles. The molecule has 6 heteroatoms. The third-order valence-electron chi connectivity index (χ3n) is 4.95. The summed E-state index contributed by atoms with van der Waals surface area (Å²) >= 11 is 0. The number of carbonyl (C=O) groups is 2. The second-order valence-electron chi connectivity index (χ2n) is 7.27. The zero-order valence-electron chi connectivity index (χ0n) is 16.6. The minimum absolute atomic E-state index is 0.0139. The van der Waals surface area contributed by atoms with Gasteiger partial charge in [0, 0.05) is 35.0 Å². The number of ketones is 1. The van der Waals surface area contributed by atoms with Crippen LogP contribution in [-0.4, -0.2) is 23.7 Å². The van der Waals surface area contributed by atoms with Crippen LogP contribution in [0, 0.1) is 19.7 Å². The number of Topliss-reactive ketones (excluding diaryl/α,β-unsaturated/α-hetero) is 1. The molecule has 1 aliphatic rings. The van der Waals surface area contributed by atoms with Crippen molar-refractivity contribution in [1.82, 2.24) is 4.98 Å². The number of halogens is 1. The van der Waals surface area contributed by atoms with Crippen molar-refractivity contribution in [3.63, 3.8) is 0 Å². The molecule has 0 unspecified atom stereocenters. The third-order valence-corrected chi connectivity index (χ3v) is 4.95. The maximum Gasteiger partial charge on any atom is 0.170 e. The van der Waals surface area contributed by atoms with Crippen LogP contribution in [0.4, 0.5) is 4.39 Å². The van der Waals surface area contributed by atoms with Gasteiger partial charge < -0.3 is 9.47 Å². The Morgan fingerprint density at radius 2 is 1.77 bits per heavy atom. The van der Waals surface area contributed by atoms with Gasteiger partial charge in [0.05, 0.1) is 12.2 Å². The predicted octanol–water partition coefficient (Wildman–Crippen LogP) is 4.78. The molecular formula is C24H20FNO4. The molecule has 0 saturated heterocycles. The first kappa shape index (κ1) is 19.8. The summed E-state index contributed by atoms with van der Waals surface area (Å²) in [6.07, 6.45) is 0.351. The Morgan fingerprint density at radius 3 is 2.43 bits per heavy atom. The van der Waals surface area contributed by atoms with E-state index in [1.807, 2.05) is 26.0 Å². The Bertz CT molecular complexity index is 1100. The van der Waals surface area contributed by atoms with Gasteiger partial charge in [-0.25, -0.2) is 4.39 Å². The number of ether oxygens (including phenoxy) is 2. The van der Waals surface area contributed by atoms with E-state index in [9.17, 15) is 14.0 Å². The molecule has 0 amide bonds. The van der Waals surface area contributed by atoms with Crippen LogP contribution in [-0.2, 0) is 0 Å². The van der Waals surface area contributed by atoms with Gasteiger partial charge in [0.1, 0.15) is 18.1 Å². The highest BCUT2D eigenvalue weighted by molar-refractivity contribution is 5.99. The molecular weight excluding hydrogens is 385 g/mol. The standard InChI is InChI=1S/C24H20FNO4/c1-14-9-18(10-15(2)26-14)24(17-5-3-16(13-27)4-6-17)30-23-12-22-19(11-20(23)25)21(28)7-8-29-22/h3-6,9-13,24H,7-8H2,1-2H3/t24-/m0/s1. The van der Waals surface area contributed by atoms with Crippen molar-refractivity contribution in [3.8, 4) is 11.5 Å². The average Bonchev–Trinajstić information content (AvgIpc) is 2.72. The Balaban J connectivity index is 1.78. The summed E-state index contributed by atoms with van der Waals surface area (Å²) < 4.78 is 26.5. The molecule has 1 aliphatic heterocycles. The summed E-state index contributed by atoms with van der Waals surface area (Å²) in [5, 5.41) is 0. The van der Waals surface area contributed by atoms with E-state index in [0.717, 1.165) is 28.8 Å². The van der Waals surface area contributed by atoms with E-state index in [1.165, 1.54) is 12.1 Å². The molecule has 2 heterocycles. The number of hydrogen-bond donors (Lipinski definition) is 0. The number of aromatic nitrogens is 1. The number of aryl methyl sites for hydroxylation is 2. The van der Waals surface area contributed by atoms with Crippen LogP contribution >= 0.6 is 0 Å². The summed E-state index contributed by atoms with van der Waals surface area (Å²) in [6, 6.07) is 13.3. The molecule has 0 N–H and O–H groups in total. The molecule has 2 aromatic carbocycles. The van der Waals surface area contributed by atoms with E-state index in [-0.39, 0.29) is 30.1 Å². The smallest absolute Gasteiger partial charge is 0.170 e. The molecule has 1 atom stereocenters. The third kappa shape index (κ3) is 3.94. The van der Waals surface area contributed by atoms with Crippen LogP contribution < -0.4 is 9.47 Å². The van der Waals surface area contributed by atoms with Gasteiger partial charge in [-0.1, -0.05) is 24.3 Å². The van der Waals surface area contributed by atoms with Gasteiger partial charge in [-0.15, -0.1) is 0 Å². The molecule has 1 aromatic heterocycles. The zero-order chi connectivity index (χ0) is 21.3. The van der Waals surface area contributed by atoms with Crippen molar-refractivity contribution >= 4 is 12.1 Å². The van der Waals surface area contributed by atoms with Crippen LogP contribution in [0.5, 0.6) is 11.5 Å². The number of benzene rings is 2. The Kier molecular flexibility index (Phi) is 5.31. The minimum Gasteiger partial charge on any atom is -0.492 e. The van der Waals surface area contributed by atoms with Crippen LogP contribution in [0.25, 0.3) is 0 Å². The Labute approximate surface area is 173 Å². The van der Waals surface area contributed by atoms with Gasteiger partial charge in [-0.2, -0.15) is 0 Å². The fourth-order valence-electron chi connectivity index (χ4n) is 3.57. The molecule has 0 bridgehead atoms. The van der Waals surface area contributed by atoms with E-state index in [0.29, 0.717) is 11.3 Å². The predicted molar refractivity (Wildman–Crippen MR) is 109 cm³/mol. The summed E-state index contributed by atoms with van der Waals surface area (Å²) in [4.78, 5) is 27.4. The Morgan fingerprint density at radius 1 is 1.07 bits per heavy atom. The summed E-state index contributed by atoms with van der Waals surface area (Å²) in [5.74, 6) is -0.479. The molecule has 5 nitrogen and oxygen atoms in total. The van der Waals surface area contributed by atoms with Crippen LogP contribution in [0.2, 0.25) is 0 Å². The molecule has 30 heavy (non-hydrogen) atoms. The van der Waals surface area contributed by atoms with Gasteiger partial charge in [0.15, 0.2) is 17.3 Å². The fourth-order valence-corrected chi connectivity index (χ4v) is 3.57. The number of aldehydes is 1. The summed E-state index contributed by atoms with van der Waals surface area (Å²) in [7, 11) is 0. The van der Waals surface area contributed by atoms with Gasteiger partial charge in [0.25, 0.3) is 0 Å². The average molecular weight is 405 g/mol. The Hall–Kier alpha value is -3.54. The lowest BCUT2D eigenvalue weighted by atomic mass is 9.99. The SMILES string of the molecule is Cc1cc([C@@H](Oc2cc3c(cc2F)C(=O)CCO3)c2ccc(C=O)cc2)cc(C)n1. The molecule has 3 aromatic rings. The van der Waals surface area contributed by atoms with E-state index >= 15 is 0 Å². The highest BCUT2D eigenvalue weighted by Gasteiger charge is 2.25. The minimum atomic E-state index is -0.641. The molecule has 0 radical (unpaired) electrons. The van der Waals surface area contributed by atoms with Crippen molar-refractivity contribution in [2.75, 3.05) is 6.61 Å². The van der Waals surface area contributed by atoms with Crippen molar-refractivity contribution in [1.29, 1.82) is 0 Å². The van der Waals surface area contributed by atoms with Gasteiger partial charge >= 0.3 is 0 Å². The second-order valence-corrected chi connectivity index (χ2v) is 7.27. The second kappa shape index (κ2) is 8.06. The van der Waals surface area contributed by atoms with E-state index in [2.05, 4.69) is 4.98 Å². The highest BCUT2D eigenvalue weighted by Crippen LogP contribution is 2.36. The van der Waals surface area contributed by atoms with Crippen molar-refractivity contribution < 1.29 is 23.5 Å². The topological polar surface area (TPSA) is 65.5 Å².